The Morgan fingerprint density at radius 3 is 1.06 bits per heavy atom. The summed E-state index contributed by atoms with van der Waals surface area (Å²) in [5.74, 6) is 0.271. The zero-order chi connectivity index (χ0) is 35.0. The molecule has 0 saturated heterocycles. The maximum Gasteiger partial charge on any atom is 0.201 e. The first-order chi connectivity index (χ1) is 24.2. The molecule has 0 aliphatic carbocycles. The molecule has 254 valence electrons. The van der Waals surface area contributed by atoms with Crippen molar-refractivity contribution in [2.45, 2.75) is 38.5 Å². The SMILES string of the molecule is Oc1cccc(CCc2cccc(Oc3cc(CCc4cc(O)c(O)c(Oc5cccc(CCc6cccc(O)c6)c5)c4)cc(O)c3O)c2)c1. The highest BCUT2D eigenvalue weighted by Gasteiger charge is 2.15. The summed E-state index contributed by atoms with van der Waals surface area (Å²) < 4.78 is 12.0. The van der Waals surface area contributed by atoms with Gasteiger partial charge in [-0.3, -0.25) is 0 Å². The zero-order valence-electron chi connectivity index (χ0n) is 27.3. The number of phenolic OH excluding ortho intramolecular Hbond substituents is 6. The van der Waals surface area contributed by atoms with Crippen LogP contribution in [0.1, 0.15) is 33.4 Å². The van der Waals surface area contributed by atoms with Crippen LogP contribution in [0, 0.1) is 0 Å². The highest BCUT2D eigenvalue weighted by molar-refractivity contribution is 5.55. The second-order valence-electron chi connectivity index (χ2n) is 12.3. The number of rotatable bonds is 13. The highest BCUT2D eigenvalue weighted by Crippen LogP contribution is 2.41. The van der Waals surface area contributed by atoms with E-state index in [1.165, 1.54) is 12.1 Å². The molecule has 6 N–H and O–H groups in total. The van der Waals surface area contributed by atoms with Gasteiger partial charge in [0.15, 0.2) is 23.0 Å². The van der Waals surface area contributed by atoms with Crippen molar-refractivity contribution in [2.24, 2.45) is 0 Å². The van der Waals surface area contributed by atoms with Gasteiger partial charge >= 0.3 is 0 Å². The standard InChI is InChI=1S/C42H38O8/c43-33-9-1-5-27(19-33)13-15-29-7-3-11-35(21-29)49-39-25-31(23-37(45)41(39)47)17-18-32-24-38(46)42(48)40(26-32)50-36-12-4-8-30(22-36)16-14-28-6-2-10-34(44)20-28/h1-12,19-26,43-48H,13-18H2. The fraction of sp³-hybridized carbons (Fsp3) is 0.143. The minimum atomic E-state index is -0.374. The van der Waals surface area contributed by atoms with Crippen LogP contribution in [0.25, 0.3) is 0 Å². The van der Waals surface area contributed by atoms with Gasteiger partial charge in [-0.05, 0) is 145 Å². The van der Waals surface area contributed by atoms with E-state index in [-0.39, 0.29) is 46.0 Å². The summed E-state index contributed by atoms with van der Waals surface area (Å²) in [5.41, 5.74) is 5.42. The fourth-order valence-corrected chi connectivity index (χ4v) is 5.81. The average Bonchev–Trinajstić information content (AvgIpc) is 3.10. The summed E-state index contributed by atoms with van der Waals surface area (Å²) in [6, 6.07) is 35.5. The molecule has 8 heteroatoms. The number of benzene rings is 6. The Kier molecular flexibility index (Phi) is 10.3. The topological polar surface area (TPSA) is 140 Å². The predicted octanol–water partition coefficient (Wildman–Crippen LogP) is 8.86. The van der Waals surface area contributed by atoms with Crippen molar-refractivity contribution in [2.75, 3.05) is 0 Å². The third-order valence-electron chi connectivity index (χ3n) is 8.41. The Bertz CT molecular complexity index is 1950. The lowest BCUT2D eigenvalue weighted by molar-refractivity contribution is 0.371. The molecule has 0 saturated carbocycles. The summed E-state index contributed by atoms with van der Waals surface area (Å²) in [6.45, 7) is 0. The summed E-state index contributed by atoms with van der Waals surface area (Å²) >= 11 is 0. The van der Waals surface area contributed by atoms with E-state index in [4.69, 9.17) is 9.47 Å². The summed E-state index contributed by atoms with van der Waals surface area (Å²) in [4.78, 5) is 0. The monoisotopic (exact) mass is 670 g/mol. The van der Waals surface area contributed by atoms with E-state index in [9.17, 15) is 30.6 Å². The Balaban J connectivity index is 1.11. The van der Waals surface area contributed by atoms with E-state index in [0.717, 1.165) is 47.9 Å². The van der Waals surface area contributed by atoms with Crippen molar-refractivity contribution in [1.82, 2.24) is 0 Å². The Labute approximate surface area is 290 Å². The van der Waals surface area contributed by atoms with Crippen LogP contribution in [0.4, 0.5) is 0 Å². The van der Waals surface area contributed by atoms with Crippen molar-refractivity contribution in [1.29, 1.82) is 0 Å². The normalized spacial score (nSPS) is 11.0. The maximum absolute atomic E-state index is 10.6. The van der Waals surface area contributed by atoms with Crippen molar-refractivity contribution < 1.29 is 40.1 Å². The first-order valence-corrected chi connectivity index (χ1v) is 16.4. The smallest absolute Gasteiger partial charge is 0.201 e. The van der Waals surface area contributed by atoms with Crippen LogP contribution >= 0.6 is 0 Å². The van der Waals surface area contributed by atoms with E-state index < -0.39 is 0 Å². The molecule has 0 aromatic heterocycles. The van der Waals surface area contributed by atoms with Crippen molar-refractivity contribution in [3.05, 3.63) is 155 Å². The van der Waals surface area contributed by atoms with Gasteiger partial charge in [-0.1, -0.05) is 48.5 Å². The van der Waals surface area contributed by atoms with Gasteiger partial charge in [0.25, 0.3) is 0 Å². The highest BCUT2D eigenvalue weighted by atomic mass is 16.5. The van der Waals surface area contributed by atoms with Crippen LogP contribution in [0.15, 0.2) is 121 Å². The molecule has 6 aromatic carbocycles. The molecule has 0 fully saturated rings. The van der Waals surface area contributed by atoms with Crippen LogP contribution in [0.2, 0.25) is 0 Å². The zero-order valence-corrected chi connectivity index (χ0v) is 27.3. The number of hydrogen-bond acceptors (Lipinski definition) is 8. The predicted molar refractivity (Wildman–Crippen MR) is 191 cm³/mol. The second kappa shape index (κ2) is 15.3. The van der Waals surface area contributed by atoms with Crippen LogP contribution in [-0.2, 0) is 38.5 Å². The number of aryl methyl sites for hydroxylation is 6. The molecule has 6 aromatic rings. The summed E-state index contributed by atoms with van der Waals surface area (Å²) in [6.07, 6.45) is 3.73. The number of aromatic hydroxyl groups is 6. The number of ether oxygens (including phenoxy) is 2. The van der Waals surface area contributed by atoms with Gasteiger partial charge in [-0.25, -0.2) is 0 Å². The third-order valence-corrected chi connectivity index (χ3v) is 8.41. The largest absolute Gasteiger partial charge is 0.508 e. The van der Waals surface area contributed by atoms with E-state index in [0.29, 0.717) is 35.5 Å². The minimum absolute atomic E-state index is 0.103. The third kappa shape index (κ3) is 8.79. The number of phenols is 6. The van der Waals surface area contributed by atoms with E-state index in [1.54, 1.807) is 48.5 Å². The quantitative estimate of drug-likeness (QED) is 0.0670. The molecule has 0 aliphatic rings. The molecule has 8 nitrogen and oxygen atoms in total. The fourth-order valence-electron chi connectivity index (χ4n) is 5.81. The van der Waals surface area contributed by atoms with Gasteiger partial charge in [0.2, 0.25) is 11.5 Å². The second-order valence-corrected chi connectivity index (χ2v) is 12.3. The lowest BCUT2D eigenvalue weighted by atomic mass is 10.0. The van der Waals surface area contributed by atoms with Crippen LogP contribution in [0.5, 0.6) is 57.5 Å². The molecule has 0 unspecified atom stereocenters. The molecule has 0 heterocycles. The van der Waals surface area contributed by atoms with Gasteiger partial charge in [-0.15, -0.1) is 0 Å². The Morgan fingerprint density at radius 2 is 0.680 bits per heavy atom. The maximum atomic E-state index is 10.6. The Hall–Kier alpha value is -6.28. The van der Waals surface area contributed by atoms with Gasteiger partial charge in [-0.2, -0.15) is 0 Å². The van der Waals surface area contributed by atoms with Crippen molar-refractivity contribution in [3.63, 3.8) is 0 Å². The molecule has 0 amide bonds. The first-order valence-electron chi connectivity index (χ1n) is 16.4. The summed E-state index contributed by atoms with van der Waals surface area (Å²) in [5, 5.41) is 61.7. The molecule has 6 rings (SSSR count). The number of hydrogen-bond donors (Lipinski definition) is 6. The average molecular weight is 671 g/mol. The van der Waals surface area contributed by atoms with Crippen LogP contribution < -0.4 is 9.47 Å². The Morgan fingerprint density at radius 1 is 0.340 bits per heavy atom. The molecule has 0 spiro atoms. The molecule has 0 bridgehead atoms. The van der Waals surface area contributed by atoms with E-state index >= 15 is 0 Å². The molecule has 0 aliphatic heterocycles. The van der Waals surface area contributed by atoms with E-state index in [1.807, 2.05) is 60.7 Å². The van der Waals surface area contributed by atoms with Gasteiger partial charge in [0.05, 0.1) is 0 Å². The van der Waals surface area contributed by atoms with Gasteiger partial charge < -0.3 is 40.1 Å². The minimum Gasteiger partial charge on any atom is -0.508 e. The molecular formula is C42H38O8. The van der Waals surface area contributed by atoms with Gasteiger partial charge in [0.1, 0.15) is 23.0 Å². The van der Waals surface area contributed by atoms with E-state index in [2.05, 4.69) is 0 Å². The molecule has 0 atom stereocenters. The molecule has 0 radical (unpaired) electrons. The summed E-state index contributed by atoms with van der Waals surface area (Å²) in [7, 11) is 0. The van der Waals surface area contributed by atoms with Crippen LogP contribution in [-0.4, -0.2) is 30.6 Å². The van der Waals surface area contributed by atoms with Crippen LogP contribution in [0.3, 0.4) is 0 Å². The van der Waals surface area contributed by atoms with Crippen molar-refractivity contribution >= 4 is 0 Å². The van der Waals surface area contributed by atoms with Gasteiger partial charge in [0, 0.05) is 0 Å². The lowest BCUT2D eigenvalue weighted by Crippen LogP contribution is -1.96. The molecule has 50 heavy (non-hydrogen) atoms. The molecular weight excluding hydrogens is 632 g/mol. The van der Waals surface area contributed by atoms with Crippen molar-refractivity contribution in [3.8, 4) is 57.5 Å². The first kappa shape index (κ1) is 33.6. The lowest BCUT2D eigenvalue weighted by Gasteiger charge is -2.14.